The molecule has 0 amide bonds. The van der Waals surface area contributed by atoms with Crippen LogP contribution in [0, 0.1) is 0 Å². The summed E-state index contributed by atoms with van der Waals surface area (Å²) in [6.45, 7) is 5.41. The lowest BCUT2D eigenvalue weighted by atomic mass is 9.90. The van der Waals surface area contributed by atoms with Gasteiger partial charge in [-0.1, -0.05) is 6.58 Å². The Morgan fingerprint density at radius 3 is 2.75 bits per heavy atom. The molecule has 0 atom stereocenters. The van der Waals surface area contributed by atoms with E-state index in [1.165, 1.54) is 0 Å². The minimum Gasteiger partial charge on any atom is -0.496 e. The Hall–Kier alpha value is -1.04. The number of hydrogen-bond donors (Lipinski definition) is 1. The molecule has 0 aromatic carbocycles. The molecule has 20 heavy (non-hydrogen) atoms. The van der Waals surface area contributed by atoms with Crippen molar-refractivity contribution in [3.05, 3.63) is 22.9 Å². The van der Waals surface area contributed by atoms with Gasteiger partial charge in [0, 0.05) is 18.9 Å². The summed E-state index contributed by atoms with van der Waals surface area (Å²) in [6, 6.07) is 2.56. The van der Waals surface area contributed by atoms with Gasteiger partial charge in [-0.3, -0.25) is 0 Å². The van der Waals surface area contributed by atoms with Crippen molar-refractivity contribution in [2.24, 2.45) is 0 Å². The van der Waals surface area contributed by atoms with Gasteiger partial charge >= 0.3 is 0 Å². The van der Waals surface area contributed by atoms with Crippen LogP contribution in [0.3, 0.4) is 0 Å². The van der Waals surface area contributed by atoms with Crippen molar-refractivity contribution >= 4 is 22.8 Å². The van der Waals surface area contributed by atoms with E-state index in [0.717, 1.165) is 55.2 Å². The van der Waals surface area contributed by atoms with Crippen LogP contribution in [-0.2, 0) is 14.2 Å². The van der Waals surface area contributed by atoms with E-state index in [1.54, 1.807) is 18.4 Å². The lowest BCUT2D eigenvalue weighted by Crippen LogP contribution is -2.39. The van der Waals surface area contributed by atoms with Crippen molar-refractivity contribution in [1.82, 2.24) is 0 Å². The van der Waals surface area contributed by atoms with E-state index in [2.05, 4.69) is 23.3 Å². The molecule has 1 spiro atoms. The number of methoxy groups -OCH3 is 1. The van der Waals surface area contributed by atoms with Crippen LogP contribution < -0.4 is 5.32 Å². The number of anilines is 1. The molecule has 0 unspecified atom stereocenters. The Labute approximate surface area is 123 Å². The standard InChI is InChI=1S/C15H21NO3S/c1-11(17-2)14-13(5-10-20-14)16-12-3-6-15(7-4-12)18-8-9-19-15/h5,10,12,16H,1,3-4,6-9H2,2H3. The SMILES string of the molecule is C=C(OC)c1sccc1NC1CCC2(CC1)OCCO2. The highest BCUT2D eigenvalue weighted by Crippen LogP contribution is 2.38. The average molecular weight is 295 g/mol. The molecule has 1 aromatic heterocycles. The van der Waals surface area contributed by atoms with E-state index in [-0.39, 0.29) is 5.79 Å². The van der Waals surface area contributed by atoms with Crippen LogP contribution >= 0.6 is 11.3 Å². The Kier molecular flexibility index (Phi) is 4.01. The zero-order chi connectivity index (χ0) is 14.0. The topological polar surface area (TPSA) is 39.7 Å². The molecule has 1 aromatic rings. The highest BCUT2D eigenvalue weighted by molar-refractivity contribution is 7.11. The summed E-state index contributed by atoms with van der Waals surface area (Å²) in [4.78, 5) is 1.08. The van der Waals surface area contributed by atoms with Crippen molar-refractivity contribution in [3.8, 4) is 0 Å². The molecule has 5 heteroatoms. The summed E-state index contributed by atoms with van der Waals surface area (Å²) in [5.74, 6) is 0.434. The minimum atomic E-state index is -0.286. The summed E-state index contributed by atoms with van der Waals surface area (Å²) in [7, 11) is 1.66. The molecule has 2 aliphatic rings. The van der Waals surface area contributed by atoms with Gasteiger partial charge in [-0.15, -0.1) is 11.3 Å². The van der Waals surface area contributed by atoms with Gasteiger partial charge in [0.25, 0.3) is 0 Å². The van der Waals surface area contributed by atoms with Gasteiger partial charge in [-0.05, 0) is 24.3 Å². The van der Waals surface area contributed by atoms with E-state index < -0.39 is 0 Å². The van der Waals surface area contributed by atoms with Gasteiger partial charge in [-0.25, -0.2) is 0 Å². The summed E-state index contributed by atoms with van der Waals surface area (Å²) < 4.78 is 16.8. The maximum atomic E-state index is 5.76. The Morgan fingerprint density at radius 2 is 2.10 bits per heavy atom. The number of ether oxygens (including phenoxy) is 3. The largest absolute Gasteiger partial charge is 0.496 e. The van der Waals surface area contributed by atoms with Crippen LogP contribution in [0.4, 0.5) is 5.69 Å². The number of thiophene rings is 1. The van der Waals surface area contributed by atoms with Crippen LogP contribution in [0.15, 0.2) is 18.0 Å². The molecule has 4 nitrogen and oxygen atoms in total. The second-order valence-corrected chi connectivity index (χ2v) is 6.23. The third kappa shape index (κ3) is 2.71. The highest BCUT2D eigenvalue weighted by Gasteiger charge is 2.40. The Morgan fingerprint density at radius 1 is 1.40 bits per heavy atom. The summed E-state index contributed by atoms with van der Waals surface area (Å²) in [6.07, 6.45) is 4.06. The van der Waals surface area contributed by atoms with Crippen molar-refractivity contribution in [1.29, 1.82) is 0 Å². The Bertz CT molecular complexity index is 469. The molecule has 2 fully saturated rings. The first kappa shape index (κ1) is 13.9. The average Bonchev–Trinajstić information content (AvgIpc) is 3.11. The number of nitrogens with one attached hydrogen (secondary N) is 1. The Balaban J connectivity index is 1.60. The molecule has 1 saturated carbocycles. The van der Waals surface area contributed by atoms with Gasteiger partial charge in [0.2, 0.25) is 0 Å². The van der Waals surface area contributed by atoms with E-state index >= 15 is 0 Å². The van der Waals surface area contributed by atoms with Crippen LogP contribution in [-0.4, -0.2) is 32.2 Å². The third-order valence-corrected chi connectivity index (χ3v) is 5.04. The molecular formula is C15H21NO3S. The maximum absolute atomic E-state index is 5.76. The van der Waals surface area contributed by atoms with Crippen molar-refractivity contribution < 1.29 is 14.2 Å². The van der Waals surface area contributed by atoms with Crippen molar-refractivity contribution in [3.63, 3.8) is 0 Å². The van der Waals surface area contributed by atoms with E-state index in [9.17, 15) is 0 Å². The first-order valence-electron chi connectivity index (χ1n) is 7.08. The first-order chi connectivity index (χ1) is 9.72. The van der Waals surface area contributed by atoms with Crippen LogP contribution in [0.1, 0.15) is 30.6 Å². The summed E-state index contributed by atoms with van der Waals surface area (Å²) >= 11 is 1.65. The summed E-state index contributed by atoms with van der Waals surface area (Å²) in [5, 5.41) is 5.67. The van der Waals surface area contributed by atoms with E-state index in [0.29, 0.717) is 6.04 Å². The minimum absolute atomic E-state index is 0.286. The smallest absolute Gasteiger partial charge is 0.168 e. The fourth-order valence-corrected chi connectivity index (χ4v) is 3.75. The molecule has 110 valence electrons. The second-order valence-electron chi connectivity index (χ2n) is 5.32. The molecule has 1 saturated heterocycles. The fourth-order valence-electron chi connectivity index (χ4n) is 2.94. The van der Waals surface area contributed by atoms with E-state index in [1.807, 2.05) is 0 Å². The normalized spacial score (nSPS) is 22.1. The van der Waals surface area contributed by atoms with Crippen LogP contribution in [0.2, 0.25) is 0 Å². The number of rotatable bonds is 4. The third-order valence-electron chi connectivity index (χ3n) is 4.09. The van der Waals surface area contributed by atoms with Gasteiger partial charge in [0.15, 0.2) is 5.79 Å². The molecular weight excluding hydrogens is 274 g/mol. The maximum Gasteiger partial charge on any atom is 0.168 e. The first-order valence-corrected chi connectivity index (χ1v) is 7.96. The van der Waals surface area contributed by atoms with Crippen molar-refractivity contribution in [2.75, 3.05) is 25.6 Å². The molecule has 3 rings (SSSR count). The highest BCUT2D eigenvalue weighted by atomic mass is 32.1. The lowest BCUT2D eigenvalue weighted by Gasteiger charge is -2.36. The molecule has 0 bridgehead atoms. The number of hydrogen-bond acceptors (Lipinski definition) is 5. The molecule has 0 radical (unpaired) electrons. The molecule has 1 aliphatic carbocycles. The zero-order valence-corrected chi connectivity index (χ0v) is 12.6. The van der Waals surface area contributed by atoms with Crippen LogP contribution in [0.5, 0.6) is 0 Å². The van der Waals surface area contributed by atoms with Gasteiger partial charge in [0.05, 0.1) is 30.9 Å². The van der Waals surface area contributed by atoms with Gasteiger partial charge in [-0.2, -0.15) is 0 Å². The predicted molar refractivity (Wildman–Crippen MR) is 80.9 cm³/mol. The molecule has 2 heterocycles. The summed E-state index contributed by atoms with van der Waals surface area (Å²) in [5.41, 5.74) is 1.12. The van der Waals surface area contributed by atoms with E-state index in [4.69, 9.17) is 14.2 Å². The molecule has 1 aliphatic heterocycles. The monoisotopic (exact) mass is 295 g/mol. The second kappa shape index (κ2) is 5.76. The lowest BCUT2D eigenvalue weighted by molar-refractivity contribution is -0.177. The van der Waals surface area contributed by atoms with Gasteiger partial charge < -0.3 is 19.5 Å². The van der Waals surface area contributed by atoms with Crippen molar-refractivity contribution in [2.45, 2.75) is 37.5 Å². The zero-order valence-electron chi connectivity index (χ0n) is 11.8. The van der Waals surface area contributed by atoms with Gasteiger partial charge in [0.1, 0.15) is 5.76 Å². The predicted octanol–water partition coefficient (Wildman–Crippen LogP) is 3.46. The molecule has 1 N–H and O–H groups in total. The van der Waals surface area contributed by atoms with Crippen LogP contribution in [0.25, 0.3) is 5.76 Å². The fraction of sp³-hybridized carbons (Fsp3) is 0.600. The quantitative estimate of drug-likeness (QED) is 0.864.